The summed E-state index contributed by atoms with van der Waals surface area (Å²) in [6.45, 7) is 44.9. The summed E-state index contributed by atoms with van der Waals surface area (Å²) in [5.74, 6) is 0.514. The van der Waals surface area contributed by atoms with Gasteiger partial charge in [0.1, 0.15) is 0 Å². The second kappa shape index (κ2) is 17.8. The maximum Gasteiger partial charge on any atom is 0.254 e. The largest absolute Gasteiger partial charge is 0.311 e. The van der Waals surface area contributed by atoms with Crippen LogP contribution in [0.1, 0.15) is 207 Å². The molecule has 6 aromatic rings. The molecule has 2 aliphatic heterocycles. The van der Waals surface area contributed by atoms with Crippen LogP contribution in [0.2, 0.25) is 0 Å². The Hall–Kier alpha value is -4.93. The van der Waals surface area contributed by atoms with E-state index in [1.54, 1.807) is 10.4 Å². The van der Waals surface area contributed by atoms with Crippen molar-refractivity contribution < 1.29 is 0 Å². The van der Waals surface area contributed by atoms with Crippen LogP contribution in [0.3, 0.4) is 0 Å². The van der Waals surface area contributed by atoms with E-state index in [1.807, 2.05) is 0 Å². The third-order valence-corrected chi connectivity index (χ3v) is 23.5. The molecular formula is C74H91BN2S. The van der Waals surface area contributed by atoms with E-state index < -0.39 is 0 Å². The number of hydrogen-bond donors (Lipinski definition) is 0. The van der Waals surface area contributed by atoms with Gasteiger partial charge in [-0.1, -0.05) is 171 Å². The van der Waals surface area contributed by atoms with Crippen LogP contribution in [0.4, 0.5) is 34.1 Å². The Morgan fingerprint density at radius 1 is 0.423 bits per heavy atom. The first-order valence-electron chi connectivity index (χ1n) is 30.2. The van der Waals surface area contributed by atoms with Gasteiger partial charge in [0.15, 0.2) is 0 Å². The Morgan fingerprint density at radius 2 is 0.859 bits per heavy atom. The van der Waals surface area contributed by atoms with Crippen LogP contribution in [-0.4, -0.2) is 12.0 Å². The van der Waals surface area contributed by atoms with Crippen molar-refractivity contribution in [3.8, 4) is 11.1 Å². The molecule has 0 spiro atoms. The highest BCUT2D eigenvalue weighted by Crippen LogP contribution is 2.61. The number of rotatable bonds is 6. The van der Waals surface area contributed by atoms with E-state index in [0.29, 0.717) is 11.2 Å². The number of aryl methyl sites for hydroxylation is 2. The molecule has 0 bridgehead atoms. The lowest BCUT2D eigenvalue weighted by Crippen LogP contribution is -2.52. The van der Waals surface area contributed by atoms with Crippen LogP contribution in [0.25, 0.3) is 11.1 Å². The predicted octanol–water partition coefficient (Wildman–Crippen LogP) is 19.9. The van der Waals surface area contributed by atoms with E-state index in [2.05, 4.69) is 261 Å². The maximum atomic E-state index is 2.80. The van der Waals surface area contributed by atoms with E-state index in [-0.39, 0.29) is 50.0 Å². The number of allylic oxidation sites excluding steroid dienone is 1. The summed E-state index contributed by atoms with van der Waals surface area (Å²) in [4.78, 5) is 6.97. The summed E-state index contributed by atoms with van der Waals surface area (Å²) < 4.78 is 0. The van der Waals surface area contributed by atoms with Crippen molar-refractivity contribution in [2.24, 2.45) is 16.7 Å². The van der Waals surface area contributed by atoms with Gasteiger partial charge in [0.25, 0.3) is 6.71 Å². The van der Waals surface area contributed by atoms with Crippen molar-refractivity contribution in [1.82, 2.24) is 0 Å². The number of anilines is 6. The molecule has 6 aliphatic rings. The molecule has 1 fully saturated rings. The molecule has 4 aliphatic carbocycles. The summed E-state index contributed by atoms with van der Waals surface area (Å²) in [5.41, 5.74) is 25.6. The minimum Gasteiger partial charge on any atom is -0.311 e. The number of fused-ring (bicyclic) bond motifs is 6. The van der Waals surface area contributed by atoms with Gasteiger partial charge in [0, 0.05) is 33.7 Å². The fraction of sp³-hybridized carbons (Fsp3) is 0.486. The molecule has 0 radical (unpaired) electrons. The van der Waals surface area contributed by atoms with Crippen LogP contribution in [0, 0.1) is 30.6 Å². The number of thioether (sulfide) groups is 1. The molecular weight excluding hydrogens is 960 g/mol. The minimum atomic E-state index is 0.0369. The standard InChI is InChI=1S/C74H91BN2S/c1-46-38-49(48-22-20-19-21-23-48)39-47(2)65(46)77-62-42-52(76(50-24-27-53-55(40-50)69(7,8)32-30-67(53,3)4)51-25-28-54-56(41-51)70(9,10)33-31-68(54,5)6)26-29-60(62)75(64-45-59-66(78-64)74(17,18)37-36-73(59,15)16)61-43-57-58(44-63(61)77)72(13,14)35-34-71(57,11)12/h19-29,38-45,59,66H,30-37H2,1-18H3. The molecule has 12 rings (SSSR count). The summed E-state index contributed by atoms with van der Waals surface area (Å²) in [6.07, 6.45) is 12.4. The van der Waals surface area contributed by atoms with Crippen molar-refractivity contribution in [3.05, 3.63) is 165 Å². The second-order valence-corrected chi connectivity index (χ2v) is 32.2. The molecule has 78 heavy (non-hydrogen) atoms. The Bertz CT molecular complexity index is 3350. The van der Waals surface area contributed by atoms with Crippen LogP contribution in [0.5, 0.6) is 0 Å². The first-order valence-corrected chi connectivity index (χ1v) is 31.1. The third kappa shape index (κ3) is 8.55. The van der Waals surface area contributed by atoms with Crippen molar-refractivity contribution in [3.63, 3.8) is 0 Å². The fourth-order valence-corrected chi connectivity index (χ4v) is 17.8. The summed E-state index contributed by atoms with van der Waals surface area (Å²) in [6, 6.07) is 44.2. The van der Waals surface area contributed by atoms with Crippen LogP contribution in [0.15, 0.2) is 120 Å². The molecule has 0 N–H and O–H groups in total. The van der Waals surface area contributed by atoms with E-state index in [0.717, 1.165) is 0 Å². The average Bonchev–Trinajstić information content (AvgIpc) is 4.01. The van der Waals surface area contributed by atoms with Gasteiger partial charge in [-0.25, -0.2) is 0 Å². The lowest BCUT2D eigenvalue weighted by molar-refractivity contribution is 0.0955. The van der Waals surface area contributed by atoms with Crippen LogP contribution < -0.4 is 20.7 Å². The van der Waals surface area contributed by atoms with Gasteiger partial charge in [-0.15, -0.1) is 11.8 Å². The van der Waals surface area contributed by atoms with Gasteiger partial charge in [0.2, 0.25) is 0 Å². The lowest BCUT2D eigenvalue weighted by Gasteiger charge is -2.48. The van der Waals surface area contributed by atoms with E-state index >= 15 is 0 Å². The first-order chi connectivity index (χ1) is 36.4. The molecule has 0 saturated heterocycles. The van der Waals surface area contributed by atoms with Gasteiger partial charge < -0.3 is 9.80 Å². The first kappa shape index (κ1) is 53.7. The molecule has 2 atom stereocenters. The second-order valence-electron chi connectivity index (χ2n) is 31.0. The molecule has 0 aromatic heterocycles. The summed E-state index contributed by atoms with van der Waals surface area (Å²) in [5, 5.41) is 0.537. The Kier molecular flexibility index (Phi) is 12.2. The Morgan fingerprint density at radius 3 is 1.37 bits per heavy atom. The Balaban J connectivity index is 1.16. The normalized spacial score (nSPS) is 23.9. The molecule has 2 unspecified atom stereocenters. The molecule has 4 heteroatoms. The topological polar surface area (TPSA) is 6.48 Å². The zero-order chi connectivity index (χ0) is 55.7. The molecule has 6 aromatic carbocycles. The van der Waals surface area contributed by atoms with E-state index in [4.69, 9.17) is 0 Å². The zero-order valence-corrected chi connectivity index (χ0v) is 52.0. The summed E-state index contributed by atoms with van der Waals surface area (Å²) in [7, 11) is 0. The van der Waals surface area contributed by atoms with Crippen molar-refractivity contribution >= 4 is 63.5 Å². The van der Waals surface area contributed by atoms with Gasteiger partial charge in [-0.05, 0) is 240 Å². The molecule has 2 heterocycles. The highest BCUT2D eigenvalue weighted by molar-refractivity contribution is 8.06. The van der Waals surface area contributed by atoms with Gasteiger partial charge in [-0.3, -0.25) is 0 Å². The van der Waals surface area contributed by atoms with Crippen molar-refractivity contribution in [2.45, 2.75) is 214 Å². The zero-order valence-electron chi connectivity index (χ0n) is 51.2. The highest BCUT2D eigenvalue weighted by Gasteiger charge is 2.53. The fourth-order valence-electron chi connectivity index (χ4n) is 15.9. The summed E-state index contributed by atoms with van der Waals surface area (Å²) >= 11 is 2.24. The molecule has 406 valence electrons. The lowest BCUT2D eigenvalue weighted by atomic mass is 9.37. The quantitative estimate of drug-likeness (QED) is 0.154. The van der Waals surface area contributed by atoms with Gasteiger partial charge >= 0.3 is 0 Å². The minimum absolute atomic E-state index is 0.0369. The monoisotopic (exact) mass is 1050 g/mol. The molecule has 0 amide bonds. The molecule has 1 saturated carbocycles. The number of nitrogens with zero attached hydrogens (tertiary/aromatic N) is 2. The van der Waals surface area contributed by atoms with Crippen molar-refractivity contribution in [2.75, 3.05) is 9.80 Å². The Labute approximate surface area is 476 Å². The van der Waals surface area contributed by atoms with Crippen LogP contribution in [-0.2, 0) is 32.5 Å². The SMILES string of the molecule is Cc1cc(-c2ccccc2)cc(C)c1N1c2cc(N(c3ccc4c(c3)C(C)(C)CCC4(C)C)c3ccc4c(c3)C(C)(C)CCC4(C)C)ccc2B(C2=CC3C(S2)C(C)(C)CCC3(C)C)c2cc3c(cc21)C(C)(C)CCC3(C)C. The van der Waals surface area contributed by atoms with E-state index in [9.17, 15) is 0 Å². The van der Waals surface area contributed by atoms with E-state index in [1.165, 1.54) is 146 Å². The molecule has 2 nitrogen and oxygen atoms in total. The third-order valence-electron chi connectivity index (χ3n) is 21.7. The predicted molar refractivity (Wildman–Crippen MR) is 341 cm³/mol. The van der Waals surface area contributed by atoms with Gasteiger partial charge in [0.05, 0.1) is 5.69 Å². The van der Waals surface area contributed by atoms with Crippen molar-refractivity contribution in [1.29, 1.82) is 0 Å². The highest BCUT2D eigenvalue weighted by atomic mass is 32.2. The number of benzene rings is 6. The smallest absolute Gasteiger partial charge is 0.254 e. The van der Waals surface area contributed by atoms with Gasteiger partial charge in [-0.2, -0.15) is 0 Å². The average molecular weight is 1050 g/mol. The maximum absolute atomic E-state index is 2.80. The van der Waals surface area contributed by atoms with Crippen LogP contribution >= 0.6 is 11.8 Å². The number of hydrogen-bond acceptors (Lipinski definition) is 3.